The molecular formula is C23H39N3O4. The Morgan fingerprint density at radius 2 is 1.90 bits per heavy atom. The summed E-state index contributed by atoms with van der Waals surface area (Å²) < 4.78 is 21.9. The molecule has 1 aliphatic heterocycles. The van der Waals surface area contributed by atoms with Gasteiger partial charge in [0.25, 0.3) is 0 Å². The normalized spacial score (nSPS) is 15.1. The number of nitrogens with zero attached hydrogens (tertiary/aromatic N) is 1. The largest absolute Gasteiger partial charge is 0.493 e. The predicted octanol–water partition coefficient (Wildman–Crippen LogP) is 3.02. The van der Waals surface area contributed by atoms with Crippen LogP contribution in [0.1, 0.15) is 38.2 Å². The third kappa shape index (κ3) is 9.22. The van der Waals surface area contributed by atoms with E-state index in [0.717, 1.165) is 95.6 Å². The van der Waals surface area contributed by atoms with E-state index in [2.05, 4.69) is 28.6 Å². The highest BCUT2D eigenvalue weighted by Crippen LogP contribution is 2.27. The van der Waals surface area contributed by atoms with Gasteiger partial charge in [-0.25, -0.2) is 0 Å². The number of nitrogens with one attached hydrogen (secondary N) is 2. The zero-order chi connectivity index (χ0) is 21.4. The maximum absolute atomic E-state index is 5.82. The first-order chi connectivity index (χ1) is 14.8. The van der Waals surface area contributed by atoms with Gasteiger partial charge in [-0.15, -0.1) is 0 Å². The molecule has 0 bridgehead atoms. The van der Waals surface area contributed by atoms with Crippen molar-refractivity contribution >= 4 is 5.96 Å². The number of methoxy groups -OCH3 is 2. The van der Waals surface area contributed by atoms with Gasteiger partial charge in [-0.3, -0.25) is 4.99 Å². The zero-order valence-corrected chi connectivity index (χ0v) is 18.9. The number of aliphatic imine (C=N–C) groups is 1. The number of ether oxygens (including phenoxy) is 4. The number of hydrogen-bond acceptors (Lipinski definition) is 5. The first kappa shape index (κ1) is 24.3. The van der Waals surface area contributed by atoms with Crippen LogP contribution in [0.3, 0.4) is 0 Å². The second kappa shape index (κ2) is 14.9. The van der Waals surface area contributed by atoms with Crippen LogP contribution in [0.15, 0.2) is 23.2 Å². The zero-order valence-electron chi connectivity index (χ0n) is 18.9. The van der Waals surface area contributed by atoms with Crippen molar-refractivity contribution in [3.8, 4) is 11.5 Å². The molecule has 1 aromatic carbocycles. The van der Waals surface area contributed by atoms with Crippen molar-refractivity contribution in [3.05, 3.63) is 23.8 Å². The molecule has 7 nitrogen and oxygen atoms in total. The second-order valence-electron chi connectivity index (χ2n) is 7.46. The van der Waals surface area contributed by atoms with Crippen LogP contribution >= 0.6 is 0 Å². The molecule has 170 valence electrons. The van der Waals surface area contributed by atoms with Crippen LogP contribution in [0.2, 0.25) is 0 Å². The Kier molecular flexibility index (Phi) is 12.1. The fraction of sp³-hybridized carbons (Fsp3) is 0.696. The van der Waals surface area contributed by atoms with Crippen molar-refractivity contribution < 1.29 is 18.9 Å². The van der Waals surface area contributed by atoms with E-state index < -0.39 is 0 Å². The maximum atomic E-state index is 5.82. The first-order valence-corrected chi connectivity index (χ1v) is 11.1. The molecule has 0 radical (unpaired) electrons. The summed E-state index contributed by atoms with van der Waals surface area (Å²) in [5.74, 6) is 3.06. The summed E-state index contributed by atoms with van der Waals surface area (Å²) in [4.78, 5) is 4.68. The molecule has 1 aliphatic rings. The molecule has 0 aromatic heterocycles. The van der Waals surface area contributed by atoms with Gasteiger partial charge in [-0.05, 0) is 62.6 Å². The minimum absolute atomic E-state index is 0.663. The van der Waals surface area contributed by atoms with Crippen LogP contribution in [0.4, 0.5) is 0 Å². The summed E-state index contributed by atoms with van der Waals surface area (Å²) in [5, 5.41) is 6.70. The number of aryl methyl sites for hydroxylation is 1. The van der Waals surface area contributed by atoms with Crippen molar-refractivity contribution in [3.63, 3.8) is 0 Å². The Bertz CT molecular complexity index is 618. The summed E-state index contributed by atoms with van der Waals surface area (Å²) in [6, 6.07) is 6.06. The highest BCUT2D eigenvalue weighted by Gasteiger charge is 2.13. The molecule has 30 heavy (non-hydrogen) atoms. The molecule has 0 atom stereocenters. The van der Waals surface area contributed by atoms with E-state index in [9.17, 15) is 0 Å². The van der Waals surface area contributed by atoms with Crippen LogP contribution in [-0.4, -0.2) is 66.2 Å². The van der Waals surface area contributed by atoms with Gasteiger partial charge in [-0.1, -0.05) is 6.07 Å². The van der Waals surface area contributed by atoms with Crippen molar-refractivity contribution in [2.45, 2.75) is 39.0 Å². The van der Waals surface area contributed by atoms with E-state index in [1.807, 2.05) is 12.1 Å². The van der Waals surface area contributed by atoms with Crippen LogP contribution in [0.5, 0.6) is 11.5 Å². The van der Waals surface area contributed by atoms with Gasteiger partial charge in [0.2, 0.25) is 0 Å². The van der Waals surface area contributed by atoms with Crippen LogP contribution in [0.25, 0.3) is 0 Å². The average Bonchev–Trinajstić information content (AvgIpc) is 2.79. The second-order valence-corrected chi connectivity index (χ2v) is 7.46. The van der Waals surface area contributed by atoms with E-state index in [4.69, 9.17) is 18.9 Å². The maximum Gasteiger partial charge on any atom is 0.191 e. The average molecular weight is 422 g/mol. The lowest BCUT2D eigenvalue weighted by Crippen LogP contribution is -2.38. The summed E-state index contributed by atoms with van der Waals surface area (Å²) >= 11 is 0. The Morgan fingerprint density at radius 1 is 1.10 bits per heavy atom. The van der Waals surface area contributed by atoms with E-state index in [0.29, 0.717) is 5.92 Å². The minimum Gasteiger partial charge on any atom is -0.493 e. The summed E-state index contributed by atoms with van der Waals surface area (Å²) in [5.41, 5.74) is 1.22. The molecule has 2 N–H and O–H groups in total. The van der Waals surface area contributed by atoms with Crippen LogP contribution in [0, 0.1) is 5.92 Å². The molecule has 0 unspecified atom stereocenters. The van der Waals surface area contributed by atoms with Gasteiger partial charge >= 0.3 is 0 Å². The van der Waals surface area contributed by atoms with E-state index in [1.54, 1.807) is 14.2 Å². The van der Waals surface area contributed by atoms with Gasteiger partial charge in [0.05, 0.1) is 14.2 Å². The smallest absolute Gasteiger partial charge is 0.191 e. The fourth-order valence-electron chi connectivity index (χ4n) is 3.40. The van der Waals surface area contributed by atoms with Crippen molar-refractivity contribution in [2.24, 2.45) is 10.9 Å². The highest BCUT2D eigenvalue weighted by molar-refractivity contribution is 5.79. The lowest BCUT2D eigenvalue weighted by atomic mass is 10.0. The van der Waals surface area contributed by atoms with E-state index in [1.165, 1.54) is 5.56 Å². The van der Waals surface area contributed by atoms with Gasteiger partial charge in [0.15, 0.2) is 17.5 Å². The lowest BCUT2D eigenvalue weighted by molar-refractivity contribution is 0.0203. The van der Waals surface area contributed by atoms with Gasteiger partial charge in [0, 0.05) is 46.1 Å². The molecule has 0 amide bonds. The van der Waals surface area contributed by atoms with Crippen molar-refractivity contribution in [1.29, 1.82) is 0 Å². The Labute approximate surface area is 181 Å². The van der Waals surface area contributed by atoms with Crippen LogP contribution in [-0.2, 0) is 15.9 Å². The Hall–Kier alpha value is -1.99. The topological polar surface area (TPSA) is 73.3 Å². The number of rotatable bonds is 13. The number of hydrogen-bond donors (Lipinski definition) is 2. The number of guanidine groups is 1. The monoisotopic (exact) mass is 421 g/mol. The molecule has 1 saturated heterocycles. The van der Waals surface area contributed by atoms with Crippen molar-refractivity contribution in [1.82, 2.24) is 10.6 Å². The third-order valence-corrected chi connectivity index (χ3v) is 5.14. The molecule has 0 aliphatic carbocycles. The van der Waals surface area contributed by atoms with Gasteiger partial charge < -0.3 is 29.6 Å². The first-order valence-electron chi connectivity index (χ1n) is 11.1. The Balaban J connectivity index is 1.62. The molecule has 0 saturated carbocycles. The minimum atomic E-state index is 0.663. The highest BCUT2D eigenvalue weighted by atomic mass is 16.5. The summed E-state index contributed by atoms with van der Waals surface area (Å²) in [6.07, 6.45) is 5.14. The van der Waals surface area contributed by atoms with Gasteiger partial charge in [-0.2, -0.15) is 0 Å². The molecule has 7 heteroatoms. The molecule has 2 rings (SSSR count). The SMILES string of the molecule is CCNC(=NCCCc1ccc(OC)c(OC)c1)NCCCOCC1CCOCC1. The van der Waals surface area contributed by atoms with E-state index in [-0.39, 0.29) is 0 Å². The molecule has 1 heterocycles. The molecule has 1 aromatic rings. The number of benzene rings is 1. The van der Waals surface area contributed by atoms with E-state index >= 15 is 0 Å². The third-order valence-electron chi connectivity index (χ3n) is 5.14. The quantitative estimate of drug-likeness (QED) is 0.290. The predicted molar refractivity (Wildman–Crippen MR) is 121 cm³/mol. The lowest BCUT2D eigenvalue weighted by Gasteiger charge is -2.21. The van der Waals surface area contributed by atoms with Crippen LogP contribution < -0.4 is 20.1 Å². The molecule has 0 spiro atoms. The summed E-state index contributed by atoms with van der Waals surface area (Å²) in [7, 11) is 3.32. The fourth-order valence-corrected chi connectivity index (χ4v) is 3.40. The Morgan fingerprint density at radius 3 is 2.63 bits per heavy atom. The standard InChI is InChI=1S/C23H39N3O4/c1-4-24-23(26-13-6-14-30-18-20-10-15-29-16-11-20)25-12-5-7-19-8-9-21(27-2)22(17-19)28-3/h8-9,17,20H,4-7,10-16,18H2,1-3H3,(H2,24,25,26). The van der Waals surface area contributed by atoms with Gasteiger partial charge in [0.1, 0.15) is 0 Å². The molecule has 1 fully saturated rings. The molecular weight excluding hydrogens is 382 g/mol. The summed E-state index contributed by atoms with van der Waals surface area (Å²) in [6.45, 7) is 7.95. The van der Waals surface area contributed by atoms with Crippen molar-refractivity contribution in [2.75, 3.05) is 60.3 Å².